The van der Waals surface area contributed by atoms with E-state index in [0.29, 0.717) is 33.7 Å². The summed E-state index contributed by atoms with van der Waals surface area (Å²) < 4.78 is 52.9. The van der Waals surface area contributed by atoms with Crippen molar-refractivity contribution in [1.82, 2.24) is 9.97 Å². The summed E-state index contributed by atoms with van der Waals surface area (Å²) in [5.41, 5.74) is 3.32. The van der Waals surface area contributed by atoms with Crippen LogP contribution >= 0.6 is 0 Å². The van der Waals surface area contributed by atoms with Crippen molar-refractivity contribution in [3.8, 4) is 22.4 Å². The van der Waals surface area contributed by atoms with Crippen LogP contribution in [0.4, 0.5) is 17.6 Å². The van der Waals surface area contributed by atoms with Crippen LogP contribution in [0.1, 0.15) is 16.8 Å². The van der Waals surface area contributed by atoms with Gasteiger partial charge in [-0.3, -0.25) is 0 Å². The zero-order valence-electron chi connectivity index (χ0n) is 15.6. The SMILES string of the molecule is [C-]#[N+]N=C1c2ccccc2-c2nc3cc(-c4ccc(F)c(C(F)(F)F)c4)ccc3nc21. The molecular weight excluding hydrogens is 408 g/mol. The van der Waals surface area contributed by atoms with Crippen molar-refractivity contribution in [2.24, 2.45) is 5.10 Å². The zero-order chi connectivity index (χ0) is 21.8. The second kappa shape index (κ2) is 6.71. The van der Waals surface area contributed by atoms with Crippen LogP contribution in [-0.4, -0.2) is 15.7 Å². The third kappa shape index (κ3) is 3.02. The van der Waals surface area contributed by atoms with Gasteiger partial charge >= 0.3 is 6.18 Å². The summed E-state index contributed by atoms with van der Waals surface area (Å²) >= 11 is 0. The fourth-order valence-corrected chi connectivity index (χ4v) is 3.68. The van der Waals surface area contributed by atoms with Crippen LogP contribution in [0.3, 0.4) is 0 Å². The van der Waals surface area contributed by atoms with E-state index in [4.69, 9.17) is 6.57 Å². The Labute approximate surface area is 173 Å². The second-order valence-electron chi connectivity index (χ2n) is 6.91. The number of hydrogen-bond acceptors (Lipinski definition) is 3. The maximum absolute atomic E-state index is 13.7. The molecule has 1 heterocycles. The average Bonchev–Trinajstić information content (AvgIpc) is 3.05. The lowest BCUT2D eigenvalue weighted by Gasteiger charge is -2.11. The molecule has 5 rings (SSSR count). The molecule has 0 atom stereocenters. The lowest BCUT2D eigenvalue weighted by molar-refractivity contribution is -0.139. The maximum Gasteiger partial charge on any atom is 0.419 e. The summed E-state index contributed by atoms with van der Waals surface area (Å²) in [5, 5.41) is 3.88. The van der Waals surface area contributed by atoms with Crippen LogP contribution < -0.4 is 0 Å². The van der Waals surface area contributed by atoms with Crippen molar-refractivity contribution in [2.75, 3.05) is 0 Å². The number of rotatable bonds is 1. The normalized spacial score (nSPS) is 13.8. The molecule has 0 radical (unpaired) electrons. The molecule has 3 aromatic carbocycles. The van der Waals surface area contributed by atoms with E-state index in [1.807, 2.05) is 24.3 Å². The first-order valence-corrected chi connectivity index (χ1v) is 9.10. The molecule has 8 heteroatoms. The van der Waals surface area contributed by atoms with Crippen molar-refractivity contribution in [1.29, 1.82) is 0 Å². The lowest BCUT2D eigenvalue weighted by Crippen LogP contribution is -2.08. The smallest absolute Gasteiger partial charge is 0.244 e. The Hall–Kier alpha value is -4.12. The fourth-order valence-electron chi connectivity index (χ4n) is 3.68. The summed E-state index contributed by atoms with van der Waals surface area (Å²) in [7, 11) is 0. The highest BCUT2D eigenvalue weighted by Crippen LogP contribution is 2.37. The van der Waals surface area contributed by atoms with Gasteiger partial charge in [-0.05, 0) is 35.4 Å². The number of benzene rings is 3. The molecule has 0 amide bonds. The van der Waals surface area contributed by atoms with E-state index in [9.17, 15) is 17.6 Å². The lowest BCUT2D eigenvalue weighted by atomic mass is 10.0. The van der Waals surface area contributed by atoms with E-state index < -0.39 is 17.6 Å². The van der Waals surface area contributed by atoms with Crippen LogP contribution in [0.25, 0.3) is 38.4 Å². The highest BCUT2D eigenvalue weighted by molar-refractivity contribution is 6.23. The molecule has 4 aromatic rings. The van der Waals surface area contributed by atoms with E-state index in [1.165, 1.54) is 6.07 Å². The molecule has 0 saturated heterocycles. The third-order valence-electron chi connectivity index (χ3n) is 5.08. The van der Waals surface area contributed by atoms with Gasteiger partial charge in [-0.15, -0.1) is 4.95 Å². The number of aromatic nitrogens is 2. The minimum absolute atomic E-state index is 0.216. The van der Waals surface area contributed by atoms with Gasteiger partial charge in [0.05, 0.1) is 27.4 Å². The van der Waals surface area contributed by atoms with E-state index in [2.05, 4.69) is 20.0 Å². The van der Waals surface area contributed by atoms with Gasteiger partial charge in [-0.1, -0.05) is 36.4 Å². The van der Waals surface area contributed by atoms with E-state index >= 15 is 0 Å². The number of nitrogens with zero attached hydrogens (tertiary/aromatic N) is 4. The van der Waals surface area contributed by atoms with Gasteiger partial charge in [0.1, 0.15) is 11.5 Å². The van der Waals surface area contributed by atoms with Crippen molar-refractivity contribution < 1.29 is 17.6 Å². The molecule has 4 nitrogen and oxygen atoms in total. The molecule has 0 bridgehead atoms. The molecule has 0 saturated carbocycles. The van der Waals surface area contributed by atoms with Crippen LogP contribution in [-0.2, 0) is 6.18 Å². The molecule has 1 aliphatic carbocycles. The molecule has 0 fully saturated rings. The number of hydrogen-bond donors (Lipinski definition) is 0. The van der Waals surface area contributed by atoms with Crippen LogP contribution in [0.5, 0.6) is 0 Å². The van der Waals surface area contributed by atoms with E-state index in [-0.39, 0.29) is 5.56 Å². The molecule has 1 aliphatic rings. The molecule has 150 valence electrons. The molecule has 31 heavy (non-hydrogen) atoms. The van der Waals surface area contributed by atoms with Crippen molar-refractivity contribution >= 4 is 16.7 Å². The van der Waals surface area contributed by atoms with Crippen LogP contribution in [0, 0.1) is 12.4 Å². The van der Waals surface area contributed by atoms with E-state index in [0.717, 1.165) is 23.3 Å². The summed E-state index contributed by atoms with van der Waals surface area (Å²) in [4.78, 5) is 12.4. The minimum Gasteiger partial charge on any atom is -0.244 e. The van der Waals surface area contributed by atoms with Gasteiger partial charge in [0.2, 0.25) is 0 Å². The Bertz CT molecular complexity index is 1450. The Kier molecular flexibility index (Phi) is 4.08. The molecule has 0 unspecified atom stereocenters. The highest BCUT2D eigenvalue weighted by Gasteiger charge is 2.34. The van der Waals surface area contributed by atoms with Gasteiger partial charge < -0.3 is 0 Å². The van der Waals surface area contributed by atoms with Gasteiger partial charge in [-0.2, -0.15) is 19.7 Å². The first kappa shape index (κ1) is 18.9. The van der Waals surface area contributed by atoms with Gasteiger partial charge in [0.15, 0.2) is 5.71 Å². The second-order valence-corrected chi connectivity index (χ2v) is 6.91. The molecule has 0 N–H and O–H groups in total. The number of halogens is 4. The first-order valence-electron chi connectivity index (χ1n) is 9.10. The standard InChI is InChI=1S/C23H10F4N4/c1-28-31-21-15-5-3-2-4-14(15)20-22(21)29-18-9-7-13(11-19(18)30-20)12-6-8-17(24)16(10-12)23(25,26)27/h2-11H. The molecular formula is C23H10F4N4. The molecule has 0 spiro atoms. The van der Waals surface area contributed by atoms with Crippen molar-refractivity contribution in [3.63, 3.8) is 0 Å². The quantitative estimate of drug-likeness (QED) is 0.187. The summed E-state index contributed by atoms with van der Waals surface area (Å²) in [6.45, 7) is 7.10. The Morgan fingerprint density at radius 1 is 0.806 bits per heavy atom. The fraction of sp³-hybridized carbons (Fsp3) is 0.0435. The maximum atomic E-state index is 13.7. The largest absolute Gasteiger partial charge is 0.419 e. The highest BCUT2D eigenvalue weighted by atomic mass is 19.4. The number of alkyl halides is 3. The first-order chi connectivity index (χ1) is 14.9. The van der Waals surface area contributed by atoms with Crippen LogP contribution in [0.15, 0.2) is 65.8 Å². The van der Waals surface area contributed by atoms with Crippen molar-refractivity contribution in [2.45, 2.75) is 6.18 Å². The minimum atomic E-state index is -4.79. The molecule has 1 aromatic heterocycles. The summed E-state index contributed by atoms with van der Waals surface area (Å²) in [6, 6.07) is 15.1. The topological polar surface area (TPSA) is 42.5 Å². The van der Waals surface area contributed by atoms with E-state index in [1.54, 1.807) is 18.2 Å². The van der Waals surface area contributed by atoms with Gasteiger partial charge in [0.25, 0.3) is 0 Å². The van der Waals surface area contributed by atoms with Crippen molar-refractivity contribution in [3.05, 3.63) is 94.8 Å². The predicted molar refractivity (Wildman–Crippen MR) is 108 cm³/mol. The van der Waals surface area contributed by atoms with Gasteiger partial charge in [0, 0.05) is 11.1 Å². The zero-order valence-corrected chi connectivity index (χ0v) is 15.6. The van der Waals surface area contributed by atoms with Crippen LogP contribution in [0.2, 0.25) is 0 Å². The Balaban J connectivity index is 1.69. The monoisotopic (exact) mass is 418 g/mol. The number of fused-ring (bicyclic) bond motifs is 4. The third-order valence-corrected chi connectivity index (χ3v) is 5.08. The summed E-state index contributed by atoms with van der Waals surface area (Å²) in [5.74, 6) is -1.32. The Morgan fingerprint density at radius 2 is 1.48 bits per heavy atom. The summed E-state index contributed by atoms with van der Waals surface area (Å²) in [6.07, 6.45) is -4.79. The predicted octanol–water partition coefficient (Wildman–Crippen LogP) is 6.11. The average molecular weight is 418 g/mol. The molecule has 0 aliphatic heterocycles. The van der Waals surface area contributed by atoms with Gasteiger partial charge in [-0.25, -0.2) is 14.4 Å². The Morgan fingerprint density at radius 3 is 2.23 bits per heavy atom.